The summed E-state index contributed by atoms with van der Waals surface area (Å²) in [4.78, 5) is 7.25. The molecule has 4 heterocycles. The number of benzene rings is 1. The van der Waals surface area contributed by atoms with Crippen LogP contribution >= 0.6 is 24.2 Å². The monoisotopic (exact) mass is 508 g/mol. The minimum atomic E-state index is -4.43. The molecule has 1 aromatic carbocycles. The molecule has 0 bridgehead atoms. The normalized spacial score (nSPS) is 17.9. The highest BCUT2D eigenvalue weighted by Gasteiger charge is 2.46. The minimum absolute atomic E-state index is 0. The molecule has 2 atom stereocenters. The molecule has 0 saturated carbocycles. The Bertz CT molecular complexity index is 1310. The first-order valence-corrected chi connectivity index (χ1v) is 11.8. The summed E-state index contributed by atoms with van der Waals surface area (Å²) >= 11 is 1.72. The molecule has 0 aliphatic carbocycles. The number of nitrogens with zero attached hydrogens (tertiary/aromatic N) is 5. The third-order valence-electron chi connectivity index (χ3n) is 5.88. The molecule has 3 aromatic heterocycles. The van der Waals surface area contributed by atoms with Crippen molar-refractivity contribution in [2.75, 3.05) is 18.8 Å². The maximum Gasteiger partial charge on any atom is 0.408 e. The van der Waals surface area contributed by atoms with Crippen molar-refractivity contribution in [1.82, 2.24) is 24.5 Å². The topological polar surface area (TPSA) is 72.3 Å². The summed E-state index contributed by atoms with van der Waals surface area (Å²) in [5.41, 5.74) is 7.84. The van der Waals surface area contributed by atoms with Crippen LogP contribution in [-0.4, -0.2) is 55.5 Å². The van der Waals surface area contributed by atoms with E-state index in [1.807, 2.05) is 24.3 Å². The Morgan fingerprint density at radius 2 is 1.94 bits per heavy atom. The molecule has 180 valence electrons. The summed E-state index contributed by atoms with van der Waals surface area (Å²) in [6, 6.07) is 10.9. The van der Waals surface area contributed by atoms with Gasteiger partial charge in [-0.2, -0.15) is 13.2 Å². The fourth-order valence-corrected chi connectivity index (χ4v) is 5.07. The lowest BCUT2D eigenvalue weighted by molar-refractivity contribution is -0.183. The number of hydrogen-bond acceptors (Lipinski definition) is 6. The van der Waals surface area contributed by atoms with Gasteiger partial charge in [-0.05, 0) is 42.0 Å². The lowest BCUT2D eigenvalue weighted by Gasteiger charge is -2.30. The highest BCUT2D eigenvalue weighted by molar-refractivity contribution is 7.99. The maximum atomic E-state index is 14.1. The van der Waals surface area contributed by atoms with E-state index in [9.17, 15) is 13.2 Å². The van der Waals surface area contributed by atoms with Crippen LogP contribution in [0.2, 0.25) is 0 Å². The Labute approximate surface area is 205 Å². The van der Waals surface area contributed by atoms with Crippen molar-refractivity contribution in [3.63, 3.8) is 0 Å². The van der Waals surface area contributed by atoms with Crippen LogP contribution in [0.15, 0.2) is 53.6 Å². The molecular formula is C23H24ClF3N6S. The molecule has 5 rings (SSSR count). The number of hydrogen-bond donors (Lipinski definition) is 1. The summed E-state index contributed by atoms with van der Waals surface area (Å²) < 4.78 is 43.8. The smallest absolute Gasteiger partial charge is 0.326 e. The van der Waals surface area contributed by atoms with Crippen LogP contribution in [0.3, 0.4) is 0 Å². The minimum Gasteiger partial charge on any atom is -0.326 e. The molecule has 6 nitrogen and oxygen atoms in total. The van der Waals surface area contributed by atoms with E-state index in [2.05, 4.69) is 23.2 Å². The van der Waals surface area contributed by atoms with Gasteiger partial charge in [-0.25, -0.2) is 4.98 Å². The van der Waals surface area contributed by atoms with E-state index in [-0.39, 0.29) is 30.6 Å². The van der Waals surface area contributed by atoms with Crippen LogP contribution in [0, 0.1) is 0 Å². The van der Waals surface area contributed by atoms with Crippen molar-refractivity contribution in [2.24, 2.45) is 5.73 Å². The molecule has 1 aliphatic heterocycles. The van der Waals surface area contributed by atoms with Crippen molar-refractivity contribution in [1.29, 1.82) is 0 Å². The lowest BCUT2D eigenvalue weighted by atomic mass is 10.1. The molecule has 0 amide bonds. The average molecular weight is 509 g/mol. The first-order chi connectivity index (χ1) is 15.8. The number of pyridine rings is 2. The van der Waals surface area contributed by atoms with Gasteiger partial charge in [-0.3, -0.25) is 9.30 Å². The lowest BCUT2D eigenvalue weighted by Crippen LogP contribution is -2.38. The van der Waals surface area contributed by atoms with E-state index >= 15 is 0 Å². The largest absolute Gasteiger partial charge is 0.408 e. The summed E-state index contributed by atoms with van der Waals surface area (Å²) in [6.45, 7) is 2.60. The molecule has 0 unspecified atom stereocenters. The second kappa shape index (κ2) is 9.69. The van der Waals surface area contributed by atoms with Gasteiger partial charge in [0.05, 0.1) is 5.52 Å². The molecule has 1 aliphatic rings. The Kier molecular flexibility index (Phi) is 7.04. The molecule has 0 radical (unpaired) electrons. The molecule has 1 saturated heterocycles. The molecule has 2 N–H and O–H groups in total. The molecule has 0 spiro atoms. The highest BCUT2D eigenvalue weighted by Crippen LogP contribution is 2.39. The number of rotatable bonds is 5. The Morgan fingerprint density at radius 3 is 2.65 bits per heavy atom. The molecule has 34 heavy (non-hydrogen) atoms. The van der Waals surface area contributed by atoms with E-state index in [1.165, 1.54) is 17.2 Å². The van der Waals surface area contributed by atoms with E-state index in [0.717, 1.165) is 21.6 Å². The highest BCUT2D eigenvalue weighted by atomic mass is 35.5. The third-order valence-corrected chi connectivity index (χ3v) is 6.75. The van der Waals surface area contributed by atoms with Gasteiger partial charge < -0.3 is 5.73 Å². The summed E-state index contributed by atoms with van der Waals surface area (Å²) in [5, 5.41) is 9.36. The van der Waals surface area contributed by atoms with Crippen LogP contribution in [0.5, 0.6) is 0 Å². The predicted molar refractivity (Wildman–Crippen MR) is 130 cm³/mol. The van der Waals surface area contributed by atoms with E-state index in [4.69, 9.17) is 10.7 Å². The number of alkyl halides is 3. The zero-order valence-electron chi connectivity index (χ0n) is 18.4. The average Bonchev–Trinajstić information content (AvgIpc) is 3.38. The SMILES string of the molecule is CCSc1ccc2ccc(-c3nnc4ccc([C@@H](N5CC[C@H](N)C5)C(F)(F)F)cn34)nc2c1.Cl. The van der Waals surface area contributed by atoms with Crippen LogP contribution < -0.4 is 5.73 Å². The molecule has 1 fully saturated rings. The second-order valence-corrected chi connectivity index (χ2v) is 9.52. The summed E-state index contributed by atoms with van der Waals surface area (Å²) in [6.07, 6.45) is -2.41. The van der Waals surface area contributed by atoms with Gasteiger partial charge in [0.1, 0.15) is 11.7 Å². The quantitative estimate of drug-likeness (QED) is 0.377. The predicted octanol–water partition coefficient (Wildman–Crippen LogP) is 5.11. The molecule has 11 heteroatoms. The molecule has 4 aromatic rings. The van der Waals surface area contributed by atoms with Gasteiger partial charge in [0, 0.05) is 35.6 Å². The Balaban J connectivity index is 0.00000274. The first-order valence-electron chi connectivity index (χ1n) is 10.8. The van der Waals surface area contributed by atoms with Crippen molar-refractivity contribution in [3.8, 4) is 11.5 Å². The summed E-state index contributed by atoms with van der Waals surface area (Å²) in [7, 11) is 0. The van der Waals surface area contributed by atoms with Gasteiger partial charge in [-0.1, -0.05) is 25.1 Å². The van der Waals surface area contributed by atoms with Crippen LogP contribution in [0.4, 0.5) is 13.2 Å². The number of likely N-dealkylation sites (tertiary alicyclic amines) is 1. The van der Waals surface area contributed by atoms with Crippen molar-refractivity contribution in [3.05, 3.63) is 54.2 Å². The number of fused-ring (bicyclic) bond motifs is 2. The number of halogens is 4. The second-order valence-electron chi connectivity index (χ2n) is 8.19. The Hall–Kier alpha value is -2.40. The zero-order valence-corrected chi connectivity index (χ0v) is 20.0. The zero-order chi connectivity index (χ0) is 23.2. The van der Waals surface area contributed by atoms with Gasteiger partial charge >= 0.3 is 6.18 Å². The van der Waals surface area contributed by atoms with E-state index < -0.39 is 12.2 Å². The van der Waals surface area contributed by atoms with Crippen LogP contribution in [0.25, 0.3) is 28.1 Å². The van der Waals surface area contributed by atoms with Crippen molar-refractivity contribution < 1.29 is 13.2 Å². The van der Waals surface area contributed by atoms with Gasteiger partial charge in [0.15, 0.2) is 11.5 Å². The van der Waals surface area contributed by atoms with Gasteiger partial charge in [0.25, 0.3) is 0 Å². The number of nitrogens with two attached hydrogens (primary N) is 1. The molecular weight excluding hydrogens is 485 g/mol. The van der Waals surface area contributed by atoms with Crippen LogP contribution in [0.1, 0.15) is 24.9 Å². The third kappa shape index (κ3) is 4.72. The number of thioether (sulfide) groups is 1. The van der Waals surface area contributed by atoms with E-state index in [0.29, 0.717) is 30.1 Å². The Morgan fingerprint density at radius 1 is 1.15 bits per heavy atom. The fourth-order valence-electron chi connectivity index (χ4n) is 4.38. The van der Waals surface area contributed by atoms with Crippen molar-refractivity contribution >= 4 is 40.7 Å². The fraction of sp³-hybridized carbons (Fsp3) is 0.348. The van der Waals surface area contributed by atoms with E-state index in [1.54, 1.807) is 22.2 Å². The van der Waals surface area contributed by atoms with Crippen molar-refractivity contribution in [2.45, 2.75) is 36.5 Å². The standard InChI is InChI=1S/C23H23F3N6S.ClH/c1-2-33-17-6-3-14-4-7-18(28-19(14)11-17)22-30-29-20-8-5-15(12-32(20)22)21(23(24,25)26)31-10-9-16(27)13-31;/h3-8,11-12,16,21H,2,9-10,13,27H2,1H3;1H/t16-,21+;/m0./s1. The van der Waals surface area contributed by atoms with Gasteiger partial charge in [0.2, 0.25) is 0 Å². The maximum absolute atomic E-state index is 14.1. The summed E-state index contributed by atoms with van der Waals surface area (Å²) in [5.74, 6) is 1.35. The van der Waals surface area contributed by atoms with Crippen LogP contribution in [-0.2, 0) is 0 Å². The van der Waals surface area contributed by atoms with Gasteiger partial charge in [-0.15, -0.1) is 34.4 Å². The number of aromatic nitrogens is 4. The first kappa shape index (κ1) is 24.7.